The van der Waals surface area contributed by atoms with E-state index in [0.717, 1.165) is 0 Å². The zero-order valence-corrected chi connectivity index (χ0v) is 13.4. The van der Waals surface area contributed by atoms with Crippen molar-refractivity contribution < 1.29 is 18.3 Å². The van der Waals surface area contributed by atoms with Crippen LogP contribution in [0.4, 0.5) is 0 Å². The molecule has 0 fully saturated rings. The molecule has 7 nitrogen and oxygen atoms in total. The molecule has 1 aromatic rings. The van der Waals surface area contributed by atoms with Crippen LogP contribution in [-0.2, 0) is 21.4 Å². The molecule has 0 atom stereocenters. The summed E-state index contributed by atoms with van der Waals surface area (Å²) in [5, 5.41) is 12.9. The van der Waals surface area contributed by atoms with E-state index in [1.165, 1.54) is 15.1 Å². The molecule has 0 bridgehead atoms. The second-order valence-corrected chi connectivity index (χ2v) is 6.49. The maximum atomic E-state index is 12.7. The molecule has 0 amide bonds. The Labute approximate surface area is 124 Å². The van der Waals surface area contributed by atoms with Crippen LogP contribution < -0.4 is 0 Å². The molecule has 1 N–H and O–H groups in total. The van der Waals surface area contributed by atoms with Crippen molar-refractivity contribution in [1.29, 1.82) is 0 Å². The van der Waals surface area contributed by atoms with Gasteiger partial charge in [0.05, 0.1) is 24.4 Å². The Morgan fingerprint density at radius 2 is 2.10 bits per heavy atom. The number of rotatable bonds is 8. The van der Waals surface area contributed by atoms with E-state index in [2.05, 4.69) is 11.7 Å². The van der Waals surface area contributed by atoms with Crippen molar-refractivity contribution in [3.8, 4) is 0 Å². The van der Waals surface area contributed by atoms with Crippen LogP contribution in [0.1, 0.15) is 24.7 Å². The third kappa shape index (κ3) is 3.70. The van der Waals surface area contributed by atoms with Gasteiger partial charge in [-0.3, -0.25) is 9.48 Å². The van der Waals surface area contributed by atoms with Gasteiger partial charge in [-0.15, -0.1) is 6.58 Å². The highest BCUT2D eigenvalue weighted by Crippen LogP contribution is 2.23. The highest BCUT2D eigenvalue weighted by Gasteiger charge is 2.29. The van der Waals surface area contributed by atoms with Crippen molar-refractivity contribution in [3.63, 3.8) is 0 Å². The molecule has 21 heavy (non-hydrogen) atoms. The summed E-state index contributed by atoms with van der Waals surface area (Å²) >= 11 is 0. The predicted molar refractivity (Wildman–Crippen MR) is 78.6 cm³/mol. The SMILES string of the molecule is C=CCN(CC)S(=O)(=O)c1c(C)nn(CCC(=O)O)c1C. The molecule has 0 aromatic carbocycles. The van der Waals surface area contributed by atoms with E-state index in [9.17, 15) is 13.2 Å². The molecule has 0 saturated heterocycles. The Balaban J connectivity index is 3.24. The summed E-state index contributed by atoms with van der Waals surface area (Å²) in [4.78, 5) is 10.8. The number of sulfonamides is 1. The first-order chi connectivity index (χ1) is 9.75. The third-order valence-electron chi connectivity index (χ3n) is 3.14. The average molecular weight is 315 g/mol. The monoisotopic (exact) mass is 315 g/mol. The van der Waals surface area contributed by atoms with E-state index >= 15 is 0 Å². The minimum Gasteiger partial charge on any atom is -0.481 e. The zero-order valence-electron chi connectivity index (χ0n) is 12.5. The summed E-state index contributed by atoms with van der Waals surface area (Å²) in [5.74, 6) is -0.950. The molecule has 0 aliphatic rings. The molecular formula is C13H21N3O4S. The van der Waals surface area contributed by atoms with Gasteiger partial charge < -0.3 is 5.11 Å². The van der Waals surface area contributed by atoms with Crippen LogP contribution in [0.3, 0.4) is 0 Å². The van der Waals surface area contributed by atoms with Gasteiger partial charge in [0.1, 0.15) is 4.90 Å². The summed E-state index contributed by atoms with van der Waals surface area (Å²) in [6.45, 7) is 9.25. The third-order valence-corrected chi connectivity index (χ3v) is 5.33. The molecule has 1 rings (SSSR count). The molecule has 0 aliphatic heterocycles. The van der Waals surface area contributed by atoms with Crippen LogP contribution in [0.25, 0.3) is 0 Å². The molecule has 1 heterocycles. The van der Waals surface area contributed by atoms with E-state index in [1.54, 1.807) is 20.8 Å². The van der Waals surface area contributed by atoms with Crippen LogP contribution in [0.5, 0.6) is 0 Å². The van der Waals surface area contributed by atoms with Gasteiger partial charge >= 0.3 is 5.97 Å². The minimum atomic E-state index is -3.66. The van der Waals surface area contributed by atoms with Gasteiger partial charge in [-0.1, -0.05) is 13.0 Å². The van der Waals surface area contributed by atoms with Crippen molar-refractivity contribution in [2.24, 2.45) is 0 Å². The Kier molecular flexibility index (Phi) is 5.68. The molecule has 8 heteroatoms. The number of aliphatic carboxylic acids is 1. The van der Waals surface area contributed by atoms with Crippen LogP contribution >= 0.6 is 0 Å². The lowest BCUT2D eigenvalue weighted by atomic mass is 10.4. The number of aromatic nitrogens is 2. The summed E-state index contributed by atoms with van der Waals surface area (Å²) < 4.78 is 28.0. The number of carbonyl (C=O) groups is 1. The molecule has 0 radical (unpaired) electrons. The van der Waals surface area contributed by atoms with Gasteiger partial charge in [0.2, 0.25) is 10.0 Å². The van der Waals surface area contributed by atoms with E-state index in [1.807, 2.05) is 0 Å². The maximum absolute atomic E-state index is 12.7. The van der Waals surface area contributed by atoms with E-state index < -0.39 is 16.0 Å². The Morgan fingerprint density at radius 1 is 1.48 bits per heavy atom. The van der Waals surface area contributed by atoms with Crippen molar-refractivity contribution in [1.82, 2.24) is 14.1 Å². The van der Waals surface area contributed by atoms with E-state index in [4.69, 9.17) is 5.11 Å². The van der Waals surface area contributed by atoms with E-state index in [-0.39, 0.29) is 24.4 Å². The Morgan fingerprint density at radius 3 is 2.57 bits per heavy atom. The fourth-order valence-electron chi connectivity index (χ4n) is 2.14. The van der Waals surface area contributed by atoms with Crippen molar-refractivity contribution in [2.45, 2.75) is 38.6 Å². The van der Waals surface area contributed by atoms with Gasteiger partial charge in [-0.25, -0.2) is 8.42 Å². The van der Waals surface area contributed by atoms with Crippen LogP contribution in [0, 0.1) is 13.8 Å². The second kappa shape index (κ2) is 6.86. The Bertz CT molecular complexity index is 634. The molecule has 0 saturated carbocycles. The number of carboxylic acid groups (broad SMARTS) is 1. The van der Waals surface area contributed by atoms with Crippen molar-refractivity contribution in [3.05, 3.63) is 24.0 Å². The fraction of sp³-hybridized carbons (Fsp3) is 0.538. The van der Waals surface area contributed by atoms with Gasteiger partial charge in [-0.05, 0) is 13.8 Å². The van der Waals surface area contributed by atoms with E-state index in [0.29, 0.717) is 17.9 Å². The van der Waals surface area contributed by atoms with Crippen molar-refractivity contribution in [2.75, 3.05) is 13.1 Å². The van der Waals surface area contributed by atoms with Gasteiger partial charge in [0.25, 0.3) is 0 Å². The van der Waals surface area contributed by atoms with Crippen LogP contribution in [-0.4, -0.2) is 46.7 Å². The Hall–Kier alpha value is -1.67. The van der Waals surface area contributed by atoms with Gasteiger partial charge in [-0.2, -0.15) is 9.40 Å². The molecule has 0 unspecified atom stereocenters. The van der Waals surface area contributed by atoms with Crippen molar-refractivity contribution >= 4 is 16.0 Å². The molecule has 1 aromatic heterocycles. The van der Waals surface area contributed by atoms with Gasteiger partial charge in [0.15, 0.2) is 0 Å². The maximum Gasteiger partial charge on any atom is 0.305 e. The molecule has 118 valence electrons. The number of aryl methyl sites for hydroxylation is 2. The van der Waals surface area contributed by atoms with Crippen LogP contribution in [0.15, 0.2) is 17.6 Å². The molecule has 0 aliphatic carbocycles. The zero-order chi connectivity index (χ0) is 16.2. The lowest BCUT2D eigenvalue weighted by Gasteiger charge is -2.18. The smallest absolute Gasteiger partial charge is 0.305 e. The standard InChI is InChI=1S/C13H21N3O4S/c1-5-8-15(6-2)21(19,20)13-10(3)14-16(11(13)4)9-7-12(17)18/h5H,1,6-9H2,2-4H3,(H,17,18). The summed E-state index contributed by atoms with van der Waals surface area (Å²) in [6.07, 6.45) is 1.42. The first-order valence-electron chi connectivity index (χ1n) is 6.62. The second-order valence-electron chi connectivity index (χ2n) is 4.61. The normalized spacial score (nSPS) is 11.8. The average Bonchev–Trinajstić information content (AvgIpc) is 2.68. The largest absolute Gasteiger partial charge is 0.481 e. The number of likely N-dealkylation sites (N-methyl/N-ethyl adjacent to an activating group) is 1. The lowest BCUT2D eigenvalue weighted by Crippen LogP contribution is -2.31. The lowest BCUT2D eigenvalue weighted by molar-refractivity contribution is -0.137. The predicted octanol–water partition coefficient (Wildman–Crippen LogP) is 1.17. The number of carboxylic acids is 1. The highest BCUT2D eigenvalue weighted by atomic mass is 32.2. The summed E-state index contributed by atoms with van der Waals surface area (Å²) in [7, 11) is -3.66. The first kappa shape index (κ1) is 17.4. The number of nitrogens with zero attached hydrogens (tertiary/aromatic N) is 3. The minimum absolute atomic E-state index is 0.106. The quantitative estimate of drug-likeness (QED) is 0.727. The fourth-order valence-corrected chi connectivity index (χ4v) is 3.94. The van der Waals surface area contributed by atoms with Gasteiger partial charge in [0, 0.05) is 13.1 Å². The summed E-state index contributed by atoms with van der Waals surface area (Å²) in [6, 6.07) is 0. The molecular weight excluding hydrogens is 294 g/mol. The number of hydrogen-bond donors (Lipinski definition) is 1. The topological polar surface area (TPSA) is 92.5 Å². The first-order valence-corrected chi connectivity index (χ1v) is 8.06. The number of hydrogen-bond acceptors (Lipinski definition) is 4. The summed E-state index contributed by atoms with van der Waals surface area (Å²) in [5.41, 5.74) is 0.830. The van der Waals surface area contributed by atoms with Crippen LogP contribution in [0.2, 0.25) is 0 Å². The molecule has 0 spiro atoms. The highest BCUT2D eigenvalue weighted by molar-refractivity contribution is 7.89.